The van der Waals surface area contributed by atoms with Crippen LogP contribution in [-0.2, 0) is 14.3 Å². The molecule has 0 saturated carbocycles. The van der Waals surface area contributed by atoms with Gasteiger partial charge in [-0.25, -0.2) is 4.79 Å². The van der Waals surface area contributed by atoms with Crippen LogP contribution in [0.25, 0.3) is 0 Å². The van der Waals surface area contributed by atoms with Crippen LogP contribution in [0.4, 0.5) is 0 Å². The fourth-order valence-electron chi connectivity index (χ4n) is 1.48. The Morgan fingerprint density at radius 3 is 2.39 bits per heavy atom. The number of ether oxygens (including phenoxy) is 2. The van der Waals surface area contributed by atoms with Crippen molar-refractivity contribution < 1.29 is 14.3 Å². The molecule has 96 valence electrons. The molecule has 0 aromatic carbocycles. The standard InChI is InChI=1S/C14H17NO3/c1-9(2)8-17-14(16)13(7-15)12-5-10(3)18-11(4)6-12/h5-6,9H,8H2,1-4H3. The van der Waals surface area contributed by atoms with Gasteiger partial charge in [-0.3, -0.25) is 0 Å². The molecule has 0 radical (unpaired) electrons. The lowest BCUT2D eigenvalue weighted by Crippen LogP contribution is -2.13. The number of allylic oxidation sites excluding steroid dienone is 5. The zero-order valence-electron chi connectivity index (χ0n) is 11.1. The molecule has 0 aromatic heterocycles. The first kappa shape index (κ1) is 14.0. The molecule has 1 aliphatic rings. The van der Waals surface area contributed by atoms with Crippen molar-refractivity contribution in [1.29, 1.82) is 5.26 Å². The maximum absolute atomic E-state index is 11.8. The molecule has 4 nitrogen and oxygen atoms in total. The highest BCUT2D eigenvalue weighted by atomic mass is 16.5. The SMILES string of the molecule is CC1=CC(=C(C#N)C(=O)OCC(C)C)C=C(C)O1. The van der Waals surface area contributed by atoms with Crippen LogP contribution < -0.4 is 0 Å². The minimum atomic E-state index is -0.587. The first-order valence-electron chi connectivity index (χ1n) is 5.80. The molecule has 0 aromatic rings. The predicted molar refractivity (Wildman–Crippen MR) is 67.0 cm³/mol. The van der Waals surface area contributed by atoms with Gasteiger partial charge >= 0.3 is 5.97 Å². The Bertz CT molecular complexity index is 456. The molecule has 0 fully saturated rings. The Labute approximate surface area is 107 Å². The quantitative estimate of drug-likeness (QED) is 0.437. The van der Waals surface area contributed by atoms with Crippen LogP contribution in [0.15, 0.2) is 34.8 Å². The smallest absolute Gasteiger partial charge is 0.349 e. The number of carbonyl (C=O) groups is 1. The number of esters is 1. The van der Waals surface area contributed by atoms with E-state index in [0.29, 0.717) is 23.7 Å². The van der Waals surface area contributed by atoms with Gasteiger partial charge in [0.15, 0.2) is 0 Å². The summed E-state index contributed by atoms with van der Waals surface area (Å²) < 4.78 is 10.4. The summed E-state index contributed by atoms with van der Waals surface area (Å²) in [6.45, 7) is 7.72. The van der Waals surface area contributed by atoms with Gasteiger partial charge in [-0.15, -0.1) is 0 Å². The monoisotopic (exact) mass is 247 g/mol. The summed E-state index contributed by atoms with van der Waals surface area (Å²) in [7, 11) is 0. The summed E-state index contributed by atoms with van der Waals surface area (Å²) in [5.41, 5.74) is 0.546. The second kappa shape index (κ2) is 6.06. The van der Waals surface area contributed by atoms with Gasteiger partial charge in [-0.1, -0.05) is 13.8 Å². The first-order chi connectivity index (χ1) is 8.43. The highest BCUT2D eigenvalue weighted by molar-refractivity contribution is 5.95. The van der Waals surface area contributed by atoms with E-state index in [2.05, 4.69) is 0 Å². The van der Waals surface area contributed by atoms with Gasteiger partial charge in [0.05, 0.1) is 6.61 Å². The molecule has 0 saturated heterocycles. The van der Waals surface area contributed by atoms with Crippen LogP contribution in [0.5, 0.6) is 0 Å². The van der Waals surface area contributed by atoms with Gasteiger partial charge in [0.1, 0.15) is 23.2 Å². The van der Waals surface area contributed by atoms with E-state index < -0.39 is 5.97 Å². The maximum atomic E-state index is 11.8. The molecule has 0 unspecified atom stereocenters. The van der Waals surface area contributed by atoms with Crippen LogP contribution >= 0.6 is 0 Å². The molecule has 0 spiro atoms. The number of nitriles is 1. The minimum Gasteiger partial charge on any atom is -0.467 e. The Hall–Kier alpha value is -2.02. The Kier molecular flexibility index (Phi) is 4.73. The molecular weight excluding hydrogens is 230 g/mol. The van der Waals surface area contributed by atoms with E-state index in [1.165, 1.54) is 0 Å². The molecule has 4 heteroatoms. The number of hydrogen-bond acceptors (Lipinski definition) is 4. The fourth-order valence-corrected chi connectivity index (χ4v) is 1.48. The van der Waals surface area contributed by atoms with E-state index in [9.17, 15) is 4.79 Å². The third kappa shape index (κ3) is 3.77. The fraction of sp³-hybridized carbons (Fsp3) is 0.429. The molecule has 0 bridgehead atoms. The van der Waals surface area contributed by atoms with Gasteiger partial charge in [0.2, 0.25) is 0 Å². The van der Waals surface area contributed by atoms with Crippen molar-refractivity contribution in [3.05, 3.63) is 34.8 Å². The van der Waals surface area contributed by atoms with Crippen LogP contribution in [0.2, 0.25) is 0 Å². The van der Waals surface area contributed by atoms with Gasteiger partial charge in [-0.2, -0.15) is 5.26 Å². The predicted octanol–water partition coefficient (Wildman–Crippen LogP) is 2.84. The number of nitrogens with zero attached hydrogens (tertiary/aromatic N) is 1. The topological polar surface area (TPSA) is 59.3 Å². The molecule has 18 heavy (non-hydrogen) atoms. The molecule has 0 amide bonds. The van der Waals surface area contributed by atoms with Crippen molar-refractivity contribution in [1.82, 2.24) is 0 Å². The van der Waals surface area contributed by atoms with Crippen molar-refractivity contribution in [2.45, 2.75) is 27.7 Å². The molecule has 0 aliphatic carbocycles. The van der Waals surface area contributed by atoms with Crippen molar-refractivity contribution in [2.75, 3.05) is 6.61 Å². The second-order valence-electron chi connectivity index (χ2n) is 4.55. The first-order valence-corrected chi connectivity index (χ1v) is 5.80. The maximum Gasteiger partial charge on any atom is 0.349 e. The van der Waals surface area contributed by atoms with Gasteiger partial charge in [-0.05, 0) is 31.9 Å². The van der Waals surface area contributed by atoms with Gasteiger partial charge in [0.25, 0.3) is 0 Å². The third-order valence-corrected chi connectivity index (χ3v) is 2.19. The lowest BCUT2D eigenvalue weighted by Gasteiger charge is -2.13. The molecule has 1 heterocycles. The summed E-state index contributed by atoms with van der Waals surface area (Å²) in [5, 5.41) is 9.08. The third-order valence-electron chi connectivity index (χ3n) is 2.19. The summed E-state index contributed by atoms with van der Waals surface area (Å²) in [4.78, 5) is 11.8. The Morgan fingerprint density at radius 1 is 1.39 bits per heavy atom. The minimum absolute atomic E-state index is 0.0117. The van der Waals surface area contributed by atoms with E-state index >= 15 is 0 Å². The highest BCUT2D eigenvalue weighted by Gasteiger charge is 2.17. The van der Waals surface area contributed by atoms with Crippen molar-refractivity contribution >= 4 is 5.97 Å². The summed E-state index contributed by atoms with van der Waals surface area (Å²) in [6, 6.07) is 1.90. The van der Waals surface area contributed by atoms with Crippen molar-refractivity contribution in [2.24, 2.45) is 5.92 Å². The second-order valence-corrected chi connectivity index (χ2v) is 4.55. The normalized spacial score (nSPS) is 14.3. The molecule has 0 atom stereocenters. The van der Waals surface area contributed by atoms with Crippen LogP contribution in [0, 0.1) is 17.2 Å². The van der Waals surface area contributed by atoms with E-state index in [-0.39, 0.29) is 11.5 Å². The average Bonchev–Trinajstić information content (AvgIpc) is 2.26. The Balaban J connectivity index is 2.98. The van der Waals surface area contributed by atoms with E-state index in [0.717, 1.165) is 0 Å². The number of carbonyl (C=O) groups excluding carboxylic acids is 1. The number of rotatable bonds is 3. The van der Waals surface area contributed by atoms with E-state index in [4.69, 9.17) is 14.7 Å². The largest absolute Gasteiger partial charge is 0.467 e. The highest BCUT2D eigenvalue weighted by Crippen LogP contribution is 2.21. The molecular formula is C14H17NO3. The Morgan fingerprint density at radius 2 is 1.94 bits per heavy atom. The lowest BCUT2D eigenvalue weighted by atomic mass is 10.1. The zero-order valence-corrected chi connectivity index (χ0v) is 11.1. The average molecular weight is 247 g/mol. The van der Waals surface area contributed by atoms with Gasteiger partial charge in [0, 0.05) is 5.57 Å². The van der Waals surface area contributed by atoms with E-state index in [1.807, 2.05) is 19.9 Å². The molecule has 0 N–H and O–H groups in total. The summed E-state index contributed by atoms with van der Waals surface area (Å²) in [5.74, 6) is 0.947. The number of hydrogen-bond donors (Lipinski definition) is 0. The van der Waals surface area contributed by atoms with Crippen molar-refractivity contribution in [3.63, 3.8) is 0 Å². The van der Waals surface area contributed by atoms with Gasteiger partial charge < -0.3 is 9.47 Å². The van der Waals surface area contributed by atoms with Crippen LogP contribution in [0.1, 0.15) is 27.7 Å². The summed E-state index contributed by atoms with van der Waals surface area (Å²) >= 11 is 0. The van der Waals surface area contributed by atoms with Crippen LogP contribution in [-0.4, -0.2) is 12.6 Å². The molecule has 1 aliphatic heterocycles. The lowest BCUT2D eigenvalue weighted by molar-refractivity contribution is -0.139. The van der Waals surface area contributed by atoms with E-state index in [1.54, 1.807) is 26.0 Å². The molecule has 1 rings (SSSR count). The zero-order chi connectivity index (χ0) is 13.7. The van der Waals surface area contributed by atoms with Crippen LogP contribution in [0.3, 0.4) is 0 Å². The van der Waals surface area contributed by atoms with Crippen molar-refractivity contribution in [3.8, 4) is 6.07 Å². The summed E-state index contributed by atoms with van der Waals surface area (Å²) in [6.07, 6.45) is 3.31.